The predicted molar refractivity (Wildman–Crippen MR) is 78.0 cm³/mol. The van der Waals surface area contributed by atoms with Crippen molar-refractivity contribution in [2.45, 2.75) is 32.7 Å². The van der Waals surface area contributed by atoms with Crippen molar-refractivity contribution in [1.29, 1.82) is 0 Å². The first kappa shape index (κ1) is 14.5. The van der Waals surface area contributed by atoms with Gasteiger partial charge in [0.25, 0.3) is 5.56 Å². The summed E-state index contributed by atoms with van der Waals surface area (Å²) in [5.74, 6) is 0.804. The third kappa shape index (κ3) is 2.07. The summed E-state index contributed by atoms with van der Waals surface area (Å²) < 4.78 is 4.52. The fourth-order valence-corrected chi connectivity index (χ4v) is 2.47. The zero-order chi connectivity index (χ0) is 15.0. The molecule has 7 heteroatoms. The average molecular weight is 279 g/mol. The van der Waals surface area contributed by atoms with E-state index in [1.54, 1.807) is 7.05 Å². The van der Waals surface area contributed by atoms with Crippen molar-refractivity contribution in [2.24, 2.45) is 19.8 Å². The van der Waals surface area contributed by atoms with Crippen LogP contribution in [0.1, 0.15) is 32.1 Å². The van der Waals surface area contributed by atoms with Gasteiger partial charge in [-0.05, 0) is 26.8 Å². The van der Waals surface area contributed by atoms with Crippen molar-refractivity contribution in [1.82, 2.24) is 18.7 Å². The summed E-state index contributed by atoms with van der Waals surface area (Å²) in [5, 5.41) is 0. The molecule has 0 unspecified atom stereocenters. The van der Waals surface area contributed by atoms with E-state index in [1.807, 2.05) is 18.4 Å². The van der Waals surface area contributed by atoms with E-state index in [9.17, 15) is 9.59 Å². The minimum absolute atomic E-state index is 0.116. The number of nitrogens with zero attached hydrogens (tertiary/aromatic N) is 4. The van der Waals surface area contributed by atoms with Crippen LogP contribution in [0.15, 0.2) is 9.59 Å². The Bertz CT molecular complexity index is 751. The van der Waals surface area contributed by atoms with Crippen LogP contribution in [-0.4, -0.2) is 25.2 Å². The predicted octanol–water partition coefficient (Wildman–Crippen LogP) is -0.0941. The molecule has 0 aliphatic rings. The Morgan fingerprint density at radius 3 is 2.40 bits per heavy atom. The second kappa shape index (κ2) is 5.24. The van der Waals surface area contributed by atoms with Gasteiger partial charge < -0.3 is 10.3 Å². The van der Waals surface area contributed by atoms with Crippen LogP contribution < -0.4 is 17.0 Å². The second-order valence-corrected chi connectivity index (χ2v) is 5.26. The Morgan fingerprint density at radius 2 is 1.85 bits per heavy atom. The molecule has 7 nitrogen and oxygen atoms in total. The van der Waals surface area contributed by atoms with Crippen LogP contribution in [-0.2, 0) is 20.5 Å². The number of imidazole rings is 1. The minimum atomic E-state index is -0.350. The zero-order valence-corrected chi connectivity index (χ0v) is 12.4. The van der Waals surface area contributed by atoms with Gasteiger partial charge >= 0.3 is 5.69 Å². The van der Waals surface area contributed by atoms with E-state index in [1.165, 1.54) is 11.6 Å². The van der Waals surface area contributed by atoms with Gasteiger partial charge in [0, 0.05) is 26.6 Å². The molecule has 0 saturated carbocycles. The molecule has 20 heavy (non-hydrogen) atoms. The lowest BCUT2D eigenvalue weighted by Gasteiger charge is -2.14. The van der Waals surface area contributed by atoms with Gasteiger partial charge in [0.1, 0.15) is 11.5 Å². The third-order valence-corrected chi connectivity index (χ3v) is 3.48. The van der Waals surface area contributed by atoms with Crippen LogP contribution in [0.5, 0.6) is 0 Å². The maximum Gasteiger partial charge on any atom is 0.332 e. The summed E-state index contributed by atoms with van der Waals surface area (Å²) in [6.07, 6.45) is 1.49. The summed E-state index contributed by atoms with van der Waals surface area (Å²) in [4.78, 5) is 28.7. The highest BCUT2D eigenvalue weighted by Crippen LogP contribution is 2.18. The summed E-state index contributed by atoms with van der Waals surface area (Å²) >= 11 is 0. The molecule has 0 aliphatic heterocycles. The molecule has 0 spiro atoms. The lowest BCUT2D eigenvalue weighted by atomic mass is 10.3. The molecule has 2 aromatic heterocycles. The zero-order valence-electron chi connectivity index (χ0n) is 12.4. The van der Waals surface area contributed by atoms with Crippen molar-refractivity contribution >= 4 is 11.2 Å². The van der Waals surface area contributed by atoms with Crippen molar-refractivity contribution in [3.63, 3.8) is 0 Å². The average Bonchev–Trinajstić information content (AvgIpc) is 2.80. The van der Waals surface area contributed by atoms with E-state index >= 15 is 0 Å². The maximum absolute atomic E-state index is 12.2. The second-order valence-electron chi connectivity index (χ2n) is 5.26. The smallest absolute Gasteiger partial charge is 0.330 e. The van der Waals surface area contributed by atoms with E-state index in [0.717, 1.165) is 16.8 Å². The Labute approximate surface area is 116 Å². The van der Waals surface area contributed by atoms with Gasteiger partial charge in [-0.3, -0.25) is 13.9 Å². The van der Waals surface area contributed by atoms with E-state index in [4.69, 9.17) is 5.73 Å². The molecule has 0 fully saturated rings. The highest BCUT2D eigenvalue weighted by atomic mass is 16.2. The molecule has 0 aromatic carbocycles. The lowest BCUT2D eigenvalue weighted by molar-refractivity contribution is 0.561. The molecule has 2 rings (SSSR count). The topological polar surface area (TPSA) is 87.8 Å². The molecular weight excluding hydrogens is 258 g/mol. The fourth-order valence-electron chi connectivity index (χ4n) is 2.47. The Hall–Kier alpha value is -1.89. The monoisotopic (exact) mass is 279 g/mol. The number of nitrogens with two attached hydrogens (primary N) is 1. The molecule has 0 radical (unpaired) electrons. The molecule has 110 valence electrons. The Morgan fingerprint density at radius 1 is 1.20 bits per heavy atom. The third-order valence-electron chi connectivity index (χ3n) is 3.48. The molecule has 2 N–H and O–H groups in total. The van der Waals surface area contributed by atoms with Crippen molar-refractivity contribution in [3.05, 3.63) is 26.7 Å². The lowest BCUT2D eigenvalue weighted by Crippen LogP contribution is -2.37. The van der Waals surface area contributed by atoms with Crippen molar-refractivity contribution in [2.75, 3.05) is 6.54 Å². The Kier molecular flexibility index (Phi) is 3.80. The first-order chi connectivity index (χ1) is 9.40. The SMILES string of the molecule is CC(C)n1c(CCCN)nc2c(=O)n(C)c(=O)n(C)c21. The van der Waals surface area contributed by atoms with Gasteiger partial charge in [-0.25, -0.2) is 9.78 Å². The quantitative estimate of drug-likeness (QED) is 0.847. The number of hydrogen-bond acceptors (Lipinski definition) is 4. The van der Waals surface area contributed by atoms with Crippen LogP contribution in [0.2, 0.25) is 0 Å². The number of fused-ring (bicyclic) bond motifs is 1. The summed E-state index contributed by atoms with van der Waals surface area (Å²) in [6, 6.07) is 0.116. The van der Waals surface area contributed by atoms with Gasteiger partial charge in [-0.1, -0.05) is 0 Å². The molecule has 2 aromatic rings. The minimum Gasteiger partial charge on any atom is -0.330 e. The fraction of sp³-hybridized carbons (Fsp3) is 0.615. The highest BCUT2D eigenvalue weighted by Gasteiger charge is 2.19. The molecule has 0 amide bonds. The first-order valence-electron chi connectivity index (χ1n) is 6.77. The van der Waals surface area contributed by atoms with E-state index in [2.05, 4.69) is 4.98 Å². The number of aryl methyl sites for hydroxylation is 2. The first-order valence-corrected chi connectivity index (χ1v) is 6.77. The van der Waals surface area contributed by atoms with Gasteiger partial charge in [0.15, 0.2) is 5.52 Å². The standard InChI is InChI=1S/C13H21N5O2/c1-8(2)18-9(6-5-7-14)15-10-11(18)16(3)13(20)17(4)12(10)19/h8H,5-7,14H2,1-4H3. The molecular formula is C13H21N5O2. The van der Waals surface area contributed by atoms with E-state index in [0.29, 0.717) is 24.1 Å². The highest BCUT2D eigenvalue weighted by molar-refractivity contribution is 5.71. The molecule has 0 saturated heterocycles. The molecule has 0 bridgehead atoms. The molecule has 2 heterocycles. The largest absolute Gasteiger partial charge is 0.332 e. The van der Waals surface area contributed by atoms with Crippen molar-refractivity contribution in [3.8, 4) is 0 Å². The van der Waals surface area contributed by atoms with Crippen LogP contribution in [0.25, 0.3) is 11.2 Å². The van der Waals surface area contributed by atoms with Crippen molar-refractivity contribution < 1.29 is 0 Å². The van der Waals surface area contributed by atoms with Gasteiger partial charge in [0.2, 0.25) is 0 Å². The van der Waals surface area contributed by atoms with E-state index < -0.39 is 0 Å². The number of hydrogen-bond donors (Lipinski definition) is 1. The number of aromatic nitrogens is 4. The van der Waals surface area contributed by atoms with Crippen LogP contribution in [0.4, 0.5) is 0 Å². The van der Waals surface area contributed by atoms with Gasteiger partial charge in [-0.2, -0.15) is 0 Å². The van der Waals surface area contributed by atoms with Crippen LogP contribution in [0.3, 0.4) is 0 Å². The normalized spacial score (nSPS) is 11.7. The number of rotatable bonds is 4. The summed E-state index contributed by atoms with van der Waals surface area (Å²) in [6.45, 7) is 4.59. The van der Waals surface area contributed by atoms with Gasteiger partial charge in [0.05, 0.1) is 0 Å². The Balaban J connectivity index is 2.88. The van der Waals surface area contributed by atoms with E-state index in [-0.39, 0.29) is 17.3 Å². The van der Waals surface area contributed by atoms with Gasteiger partial charge in [-0.15, -0.1) is 0 Å². The maximum atomic E-state index is 12.2. The van der Waals surface area contributed by atoms with Crippen LogP contribution in [0, 0.1) is 0 Å². The molecule has 0 atom stereocenters. The summed E-state index contributed by atoms with van der Waals surface area (Å²) in [7, 11) is 3.13. The molecule has 0 aliphatic carbocycles. The van der Waals surface area contributed by atoms with Crippen LogP contribution >= 0.6 is 0 Å². The summed E-state index contributed by atoms with van der Waals surface area (Å²) in [5.41, 5.74) is 5.78.